The highest BCUT2D eigenvalue weighted by atomic mass is 35.5. The quantitative estimate of drug-likeness (QED) is 0.819. The number of benzene rings is 1. The van der Waals surface area contributed by atoms with Crippen LogP contribution in [0.3, 0.4) is 0 Å². The second-order valence-electron chi connectivity index (χ2n) is 3.39. The van der Waals surface area contributed by atoms with Gasteiger partial charge in [-0.2, -0.15) is 0 Å². The van der Waals surface area contributed by atoms with E-state index in [0.717, 1.165) is 7.11 Å². The average Bonchev–Trinajstić information content (AvgIpc) is 2.33. The summed E-state index contributed by atoms with van der Waals surface area (Å²) in [4.78, 5) is 23.0. The molecule has 0 fully saturated rings. The van der Waals surface area contributed by atoms with E-state index in [2.05, 4.69) is 10.1 Å². The Balaban J connectivity index is 2.84. The molecule has 1 rings (SSSR count). The lowest BCUT2D eigenvalue weighted by Gasteiger charge is -2.14. The van der Waals surface area contributed by atoms with Gasteiger partial charge in [-0.25, -0.2) is 4.79 Å². The van der Waals surface area contributed by atoms with Crippen molar-refractivity contribution in [2.24, 2.45) is 0 Å². The van der Waals surface area contributed by atoms with E-state index >= 15 is 0 Å². The lowest BCUT2D eigenvalue weighted by atomic mass is 10.2. The van der Waals surface area contributed by atoms with Crippen LogP contribution < -0.4 is 5.32 Å². The van der Waals surface area contributed by atoms with E-state index in [0.29, 0.717) is 10.0 Å². The van der Waals surface area contributed by atoms with E-state index in [1.54, 1.807) is 0 Å². The van der Waals surface area contributed by atoms with Gasteiger partial charge in [0.15, 0.2) is 6.04 Å². The second kappa shape index (κ2) is 6.58. The van der Waals surface area contributed by atoms with Crippen molar-refractivity contribution >= 4 is 35.1 Å². The van der Waals surface area contributed by atoms with Crippen LogP contribution in [0.15, 0.2) is 18.2 Å². The number of ether oxygens (including phenoxy) is 1. The zero-order valence-electron chi connectivity index (χ0n) is 9.44. The van der Waals surface area contributed by atoms with Gasteiger partial charge in [0.1, 0.15) is 0 Å². The second-order valence-corrected chi connectivity index (χ2v) is 4.26. The number of hydrogen-bond donors (Lipinski definition) is 2. The topological polar surface area (TPSA) is 75.6 Å². The van der Waals surface area contributed by atoms with Crippen molar-refractivity contribution in [2.75, 3.05) is 13.7 Å². The number of aliphatic hydroxyl groups excluding tert-OH is 1. The Morgan fingerprint density at radius 3 is 2.33 bits per heavy atom. The number of carbonyl (C=O) groups excluding carboxylic acids is 2. The van der Waals surface area contributed by atoms with Crippen molar-refractivity contribution in [3.63, 3.8) is 0 Å². The minimum absolute atomic E-state index is 0.190. The van der Waals surface area contributed by atoms with Gasteiger partial charge in [0.05, 0.1) is 13.7 Å². The van der Waals surface area contributed by atoms with Gasteiger partial charge in [-0.05, 0) is 18.2 Å². The number of esters is 1. The van der Waals surface area contributed by atoms with E-state index in [9.17, 15) is 9.59 Å². The molecule has 0 saturated carbocycles. The minimum Gasteiger partial charge on any atom is -0.467 e. The summed E-state index contributed by atoms with van der Waals surface area (Å²) in [5.41, 5.74) is 0.190. The largest absolute Gasteiger partial charge is 0.467 e. The van der Waals surface area contributed by atoms with Gasteiger partial charge in [-0.1, -0.05) is 23.2 Å². The molecule has 0 aliphatic heterocycles. The Morgan fingerprint density at radius 1 is 1.33 bits per heavy atom. The van der Waals surface area contributed by atoms with Crippen molar-refractivity contribution in [3.8, 4) is 0 Å². The van der Waals surface area contributed by atoms with Crippen LogP contribution in [0.25, 0.3) is 0 Å². The van der Waals surface area contributed by atoms with Crippen molar-refractivity contribution in [2.45, 2.75) is 6.04 Å². The number of carbonyl (C=O) groups is 2. The molecule has 1 aromatic carbocycles. The molecule has 1 amide bonds. The van der Waals surface area contributed by atoms with E-state index < -0.39 is 24.5 Å². The summed E-state index contributed by atoms with van der Waals surface area (Å²) in [5.74, 6) is -1.32. The molecule has 18 heavy (non-hydrogen) atoms. The molecule has 0 aliphatic rings. The first kappa shape index (κ1) is 14.8. The van der Waals surface area contributed by atoms with Crippen molar-refractivity contribution < 1.29 is 19.4 Å². The van der Waals surface area contributed by atoms with Crippen LogP contribution in [0.2, 0.25) is 10.0 Å². The number of methoxy groups -OCH3 is 1. The molecule has 0 heterocycles. The molecule has 0 bridgehead atoms. The van der Waals surface area contributed by atoms with E-state index in [1.807, 2.05) is 0 Å². The Kier molecular flexibility index (Phi) is 5.40. The molecular formula is C11H11Cl2NO4. The Hall–Kier alpha value is -1.30. The van der Waals surface area contributed by atoms with Gasteiger partial charge in [0.25, 0.3) is 5.91 Å². The van der Waals surface area contributed by atoms with Crippen LogP contribution >= 0.6 is 23.2 Å². The first-order valence-electron chi connectivity index (χ1n) is 4.93. The fraction of sp³-hybridized carbons (Fsp3) is 0.273. The lowest BCUT2D eigenvalue weighted by Crippen LogP contribution is -2.44. The van der Waals surface area contributed by atoms with E-state index in [4.69, 9.17) is 28.3 Å². The van der Waals surface area contributed by atoms with Crippen LogP contribution in [0.1, 0.15) is 10.4 Å². The van der Waals surface area contributed by atoms with Crippen molar-refractivity contribution in [1.82, 2.24) is 5.32 Å². The maximum absolute atomic E-state index is 11.8. The van der Waals surface area contributed by atoms with Crippen LogP contribution in [0.4, 0.5) is 0 Å². The molecule has 0 radical (unpaired) electrons. The Morgan fingerprint density at radius 2 is 1.89 bits per heavy atom. The molecule has 1 aromatic rings. The predicted octanol–water partition coefficient (Wildman–Crippen LogP) is 1.26. The predicted molar refractivity (Wildman–Crippen MR) is 66.8 cm³/mol. The van der Waals surface area contributed by atoms with Crippen molar-refractivity contribution in [3.05, 3.63) is 33.8 Å². The number of hydrogen-bond acceptors (Lipinski definition) is 4. The summed E-state index contributed by atoms with van der Waals surface area (Å²) in [6, 6.07) is 3.15. The molecule has 5 nitrogen and oxygen atoms in total. The van der Waals surface area contributed by atoms with E-state index in [1.165, 1.54) is 18.2 Å². The zero-order chi connectivity index (χ0) is 13.7. The molecule has 0 aliphatic carbocycles. The van der Waals surface area contributed by atoms with Gasteiger partial charge in [0.2, 0.25) is 0 Å². The molecule has 1 unspecified atom stereocenters. The lowest BCUT2D eigenvalue weighted by molar-refractivity contribution is -0.143. The molecule has 7 heteroatoms. The fourth-order valence-corrected chi connectivity index (χ4v) is 1.77. The first-order chi connectivity index (χ1) is 8.47. The van der Waals surface area contributed by atoms with Gasteiger partial charge in [-0.15, -0.1) is 0 Å². The van der Waals surface area contributed by atoms with Gasteiger partial charge in [-0.3, -0.25) is 4.79 Å². The normalized spacial score (nSPS) is 11.8. The highest BCUT2D eigenvalue weighted by Gasteiger charge is 2.21. The molecule has 0 aromatic heterocycles. The standard InChI is InChI=1S/C11H11Cl2NO4/c1-18-11(17)9(5-15)14-10(16)6-2-7(12)4-8(13)3-6/h2-4,9,15H,5H2,1H3,(H,14,16). The first-order valence-corrected chi connectivity index (χ1v) is 5.69. The van der Waals surface area contributed by atoms with Crippen LogP contribution in [0, 0.1) is 0 Å². The number of nitrogens with one attached hydrogen (secondary N) is 1. The SMILES string of the molecule is COC(=O)C(CO)NC(=O)c1cc(Cl)cc(Cl)c1. The highest BCUT2D eigenvalue weighted by molar-refractivity contribution is 6.35. The van der Waals surface area contributed by atoms with Gasteiger partial charge >= 0.3 is 5.97 Å². The zero-order valence-corrected chi connectivity index (χ0v) is 11.0. The summed E-state index contributed by atoms with van der Waals surface area (Å²) in [6.45, 7) is -0.563. The van der Waals surface area contributed by atoms with Gasteiger partial charge in [0, 0.05) is 15.6 Å². The minimum atomic E-state index is -1.12. The third-order valence-electron chi connectivity index (χ3n) is 2.10. The molecule has 98 valence electrons. The fourth-order valence-electron chi connectivity index (χ4n) is 1.25. The Labute approximate surface area is 114 Å². The maximum Gasteiger partial charge on any atom is 0.330 e. The number of rotatable bonds is 4. The summed E-state index contributed by atoms with van der Waals surface area (Å²) >= 11 is 11.5. The third kappa shape index (κ3) is 3.87. The molecule has 0 saturated heterocycles. The average molecular weight is 292 g/mol. The molecular weight excluding hydrogens is 281 g/mol. The molecule has 2 N–H and O–H groups in total. The molecule has 0 spiro atoms. The van der Waals surface area contributed by atoms with Gasteiger partial charge < -0.3 is 15.2 Å². The number of halogens is 2. The monoisotopic (exact) mass is 291 g/mol. The van der Waals surface area contributed by atoms with Crippen molar-refractivity contribution in [1.29, 1.82) is 0 Å². The van der Waals surface area contributed by atoms with Crippen LogP contribution in [0.5, 0.6) is 0 Å². The smallest absolute Gasteiger partial charge is 0.330 e. The maximum atomic E-state index is 11.8. The summed E-state index contributed by atoms with van der Waals surface area (Å²) in [7, 11) is 1.16. The summed E-state index contributed by atoms with van der Waals surface area (Å²) in [5, 5.41) is 11.9. The number of amides is 1. The molecule has 1 atom stereocenters. The highest BCUT2D eigenvalue weighted by Crippen LogP contribution is 2.19. The number of aliphatic hydroxyl groups is 1. The third-order valence-corrected chi connectivity index (χ3v) is 2.53. The summed E-state index contributed by atoms with van der Waals surface area (Å²) in [6.07, 6.45) is 0. The van der Waals surface area contributed by atoms with E-state index in [-0.39, 0.29) is 5.56 Å². The summed E-state index contributed by atoms with van der Waals surface area (Å²) < 4.78 is 4.42. The Bertz CT molecular complexity index is 444. The van der Waals surface area contributed by atoms with Crippen LogP contribution in [-0.4, -0.2) is 36.7 Å². The van der Waals surface area contributed by atoms with Crippen LogP contribution in [-0.2, 0) is 9.53 Å².